The Morgan fingerprint density at radius 1 is 1.09 bits per heavy atom. The van der Waals surface area contributed by atoms with E-state index in [1.54, 1.807) is 6.07 Å². The van der Waals surface area contributed by atoms with Crippen LogP contribution < -0.4 is 5.32 Å². The van der Waals surface area contributed by atoms with E-state index < -0.39 is 23.3 Å². The van der Waals surface area contributed by atoms with Crippen LogP contribution in [0.3, 0.4) is 0 Å². The number of rotatable bonds is 5. The van der Waals surface area contributed by atoms with Crippen molar-refractivity contribution in [1.82, 2.24) is 14.8 Å². The van der Waals surface area contributed by atoms with Gasteiger partial charge < -0.3 is 19.9 Å². The Morgan fingerprint density at radius 2 is 1.79 bits per heavy atom. The quantitative estimate of drug-likeness (QED) is 0.516. The van der Waals surface area contributed by atoms with Crippen LogP contribution in [0, 0.1) is 11.6 Å². The molecule has 0 fully saturated rings. The smallest absolute Gasteiger partial charge is 0.407 e. The first-order chi connectivity index (χ1) is 16.1. The van der Waals surface area contributed by atoms with Gasteiger partial charge in [-0.3, -0.25) is 4.79 Å². The van der Waals surface area contributed by atoms with Gasteiger partial charge in [0.05, 0.1) is 11.7 Å². The fourth-order valence-corrected chi connectivity index (χ4v) is 4.47. The molecule has 0 saturated heterocycles. The third-order valence-electron chi connectivity index (χ3n) is 6.14. The molecule has 2 aromatic carbocycles. The van der Waals surface area contributed by atoms with Gasteiger partial charge in [-0.25, -0.2) is 13.6 Å². The molecule has 3 aromatic rings. The molecule has 1 aliphatic rings. The second-order valence-electron chi connectivity index (χ2n) is 9.41. The maximum absolute atomic E-state index is 14.1. The first-order valence-electron chi connectivity index (χ1n) is 11.1. The van der Waals surface area contributed by atoms with Gasteiger partial charge in [0.15, 0.2) is 11.6 Å². The zero-order chi connectivity index (χ0) is 24.6. The summed E-state index contributed by atoms with van der Waals surface area (Å²) in [5.41, 5.74) is 2.40. The van der Waals surface area contributed by atoms with E-state index >= 15 is 0 Å². The molecule has 2 N–H and O–H groups in total. The second kappa shape index (κ2) is 8.93. The van der Waals surface area contributed by atoms with Crippen molar-refractivity contribution in [3.63, 3.8) is 0 Å². The summed E-state index contributed by atoms with van der Waals surface area (Å²) in [6, 6.07) is 14.6. The molecule has 0 radical (unpaired) electrons. The van der Waals surface area contributed by atoms with Gasteiger partial charge in [0.2, 0.25) is 0 Å². The predicted octanol–water partition coefficient (Wildman–Crippen LogP) is 5.55. The van der Waals surface area contributed by atoms with Crippen molar-refractivity contribution in [2.24, 2.45) is 0 Å². The molecule has 1 aliphatic heterocycles. The highest BCUT2D eigenvalue weighted by Crippen LogP contribution is 2.39. The lowest BCUT2D eigenvalue weighted by Crippen LogP contribution is -2.47. The van der Waals surface area contributed by atoms with Gasteiger partial charge in [-0.05, 0) is 56.5 Å². The van der Waals surface area contributed by atoms with Crippen molar-refractivity contribution in [3.05, 3.63) is 71.9 Å². The summed E-state index contributed by atoms with van der Waals surface area (Å²) < 4.78 is 29.7. The molecule has 8 heteroatoms. The Labute approximate surface area is 196 Å². The summed E-state index contributed by atoms with van der Waals surface area (Å²) in [4.78, 5) is 26.0. The fourth-order valence-electron chi connectivity index (χ4n) is 4.47. The number of carbonyl (C=O) groups excluding carboxylic acids is 1. The number of halogens is 2. The summed E-state index contributed by atoms with van der Waals surface area (Å²) in [5, 5.41) is 12.6. The highest BCUT2D eigenvalue weighted by molar-refractivity contribution is 5.98. The van der Waals surface area contributed by atoms with Crippen molar-refractivity contribution in [1.29, 1.82) is 0 Å². The molecule has 0 saturated carbocycles. The third-order valence-corrected chi connectivity index (χ3v) is 6.14. The number of benzene rings is 2. The van der Waals surface area contributed by atoms with E-state index in [-0.39, 0.29) is 18.5 Å². The molecule has 4 rings (SSSR count). The maximum Gasteiger partial charge on any atom is 0.407 e. The van der Waals surface area contributed by atoms with Gasteiger partial charge in [0.1, 0.15) is 5.69 Å². The monoisotopic (exact) mass is 467 g/mol. The molecular weight excluding hydrogens is 440 g/mol. The maximum atomic E-state index is 14.1. The average Bonchev–Trinajstić information content (AvgIpc) is 3.18. The van der Waals surface area contributed by atoms with Gasteiger partial charge in [-0.15, -0.1) is 0 Å². The van der Waals surface area contributed by atoms with Crippen LogP contribution in [0.15, 0.2) is 54.6 Å². The Kier molecular flexibility index (Phi) is 6.17. The molecule has 0 aliphatic carbocycles. The number of hydrogen-bond donors (Lipinski definition) is 2. The number of fused-ring (bicyclic) bond motifs is 1. The van der Waals surface area contributed by atoms with Crippen LogP contribution in [-0.4, -0.2) is 45.2 Å². The topological polar surface area (TPSA) is 74.6 Å². The summed E-state index contributed by atoms with van der Waals surface area (Å²) in [6.07, 6.45) is -0.548. The van der Waals surface area contributed by atoms with Gasteiger partial charge >= 0.3 is 6.09 Å². The largest absolute Gasteiger partial charge is 0.465 e. The Balaban J connectivity index is 1.84. The van der Waals surface area contributed by atoms with E-state index in [0.29, 0.717) is 35.5 Å². The number of nitrogens with zero attached hydrogens (tertiary/aromatic N) is 2. The number of nitrogens with one attached hydrogen (secondary N) is 1. The van der Waals surface area contributed by atoms with Crippen LogP contribution in [0.5, 0.6) is 0 Å². The van der Waals surface area contributed by atoms with Crippen LogP contribution in [0.25, 0.3) is 22.4 Å². The van der Waals surface area contributed by atoms with Crippen molar-refractivity contribution in [2.45, 2.75) is 38.8 Å². The molecule has 34 heavy (non-hydrogen) atoms. The lowest BCUT2D eigenvalue weighted by atomic mass is 10.0. The molecule has 178 valence electrons. The summed E-state index contributed by atoms with van der Waals surface area (Å²) in [7, 11) is 0. The van der Waals surface area contributed by atoms with E-state index in [1.165, 1.54) is 11.0 Å². The summed E-state index contributed by atoms with van der Waals surface area (Å²) >= 11 is 0. The lowest BCUT2D eigenvalue weighted by molar-refractivity contribution is 0.0868. The Hall–Kier alpha value is -3.68. The lowest BCUT2D eigenvalue weighted by Gasteiger charge is -2.36. The Morgan fingerprint density at radius 3 is 2.41 bits per heavy atom. The molecule has 2 amide bonds. The van der Waals surface area contributed by atoms with Crippen LogP contribution >= 0.6 is 0 Å². The zero-order valence-corrected chi connectivity index (χ0v) is 19.3. The van der Waals surface area contributed by atoms with Crippen LogP contribution in [0.4, 0.5) is 13.6 Å². The van der Waals surface area contributed by atoms with Crippen LogP contribution in [0.1, 0.15) is 43.7 Å². The molecule has 6 nitrogen and oxygen atoms in total. The Bertz CT molecular complexity index is 1230. The van der Waals surface area contributed by atoms with E-state index in [9.17, 15) is 23.5 Å². The average molecular weight is 468 g/mol. The van der Waals surface area contributed by atoms with Crippen molar-refractivity contribution in [2.75, 3.05) is 13.1 Å². The van der Waals surface area contributed by atoms with Crippen LogP contribution in [0.2, 0.25) is 0 Å². The van der Waals surface area contributed by atoms with Gasteiger partial charge in [0.25, 0.3) is 5.91 Å². The second-order valence-corrected chi connectivity index (χ2v) is 9.41. The standard InChI is InChI=1S/C26H27F2N3O3/c1-26(2,3)30(25(33)34)12-11-18-15-29-24(32)22-14-19(17-9-10-20(27)21(28)13-17)23(31(18)22)16-7-5-4-6-8-16/h4-10,13-14,18H,11-12,15H2,1-3H3,(H,29,32)(H,33,34). The third kappa shape index (κ3) is 4.40. The van der Waals surface area contributed by atoms with Gasteiger partial charge in [-0.1, -0.05) is 36.4 Å². The first-order valence-corrected chi connectivity index (χ1v) is 11.1. The van der Waals surface area contributed by atoms with Crippen molar-refractivity contribution in [3.8, 4) is 22.4 Å². The van der Waals surface area contributed by atoms with E-state index in [1.807, 2.05) is 55.7 Å². The van der Waals surface area contributed by atoms with Crippen LogP contribution in [-0.2, 0) is 0 Å². The van der Waals surface area contributed by atoms with Gasteiger partial charge in [-0.2, -0.15) is 0 Å². The first kappa shape index (κ1) is 23.5. The molecule has 0 bridgehead atoms. The van der Waals surface area contributed by atoms with Crippen molar-refractivity contribution >= 4 is 12.0 Å². The predicted molar refractivity (Wildman–Crippen MR) is 126 cm³/mol. The fraction of sp³-hybridized carbons (Fsp3) is 0.308. The summed E-state index contributed by atoms with van der Waals surface area (Å²) in [5.74, 6) is -2.18. The molecule has 0 spiro atoms. The minimum atomic E-state index is -1.01. The van der Waals surface area contributed by atoms with E-state index in [0.717, 1.165) is 17.7 Å². The van der Waals surface area contributed by atoms with Gasteiger partial charge in [0, 0.05) is 24.2 Å². The highest BCUT2D eigenvalue weighted by Gasteiger charge is 2.33. The minimum absolute atomic E-state index is 0.230. The highest BCUT2D eigenvalue weighted by atomic mass is 19.2. The molecule has 1 aromatic heterocycles. The number of carboxylic acid groups (broad SMARTS) is 1. The van der Waals surface area contributed by atoms with E-state index in [2.05, 4.69) is 5.32 Å². The number of hydrogen-bond acceptors (Lipinski definition) is 2. The normalized spacial score (nSPS) is 15.6. The molecule has 1 unspecified atom stereocenters. The minimum Gasteiger partial charge on any atom is -0.465 e. The SMILES string of the molecule is CC(C)(C)N(CCC1CNC(=O)c2cc(-c3ccc(F)c(F)c3)c(-c3ccccc3)n21)C(=O)O. The molecule has 1 atom stereocenters. The number of aromatic nitrogens is 1. The number of amides is 2. The number of carbonyl (C=O) groups is 2. The molecule has 2 heterocycles. The summed E-state index contributed by atoms with van der Waals surface area (Å²) in [6.45, 7) is 6.10. The van der Waals surface area contributed by atoms with Crippen molar-refractivity contribution < 1.29 is 23.5 Å². The van der Waals surface area contributed by atoms with E-state index in [4.69, 9.17) is 0 Å². The molecular formula is C26H27F2N3O3. The zero-order valence-electron chi connectivity index (χ0n) is 19.3.